The van der Waals surface area contributed by atoms with Crippen molar-refractivity contribution in [3.05, 3.63) is 70.7 Å². The molecule has 2 aromatic carbocycles. The van der Waals surface area contributed by atoms with Gasteiger partial charge >= 0.3 is 0 Å². The maximum atomic E-state index is 12.3. The van der Waals surface area contributed by atoms with Crippen LogP contribution < -0.4 is 5.32 Å². The van der Waals surface area contributed by atoms with E-state index in [4.69, 9.17) is 0 Å². The first kappa shape index (κ1) is 17.4. The van der Waals surface area contributed by atoms with E-state index in [1.54, 1.807) is 37.3 Å². The lowest BCUT2D eigenvalue weighted by atomic mass is 10.1. The van der Waals surface area contributed by atoms with Gasteiger partial charge in [0.25, 0.3) is 5.91 Å². The molecule has 23 heavy (non-hydrogen) atoms. The van der Waals surface area contributed by atoms with Gasteiger partial charge in [-0.05, 0) is 48.9 Å². The number of anilines is 1. The Labute approximate surface area is 144 Å². The second-order valence-electron chi connectivity index (χ2n) is 5.01. The Balaban J connectivity index is 2.31. The second-order valence-corrected chi connectivity index (χ2v) is 7.96. The van der Waals surface area contributed by atoms with Crippen LogP contribution in [0.4, 0.5) is 5.69 Å². The van der Waals surface area contributed by atoms with Crippen LogP contribution in [-0.2, 0) is 9.84 Å². The normalized spacial score (nSPS) is 11.0. The summed E-state index contributed by atoms with van der Waals surface area (Å²) in [6.45, 7) is 5.26. The van der Waals surface area contributed by atoms with E-state index < -0.39 is 9.84 Å². The van der Waals surface area contributed by atoms with Crippen molar-refractivity contribution in [3.8, 4) is 0 Å². The van der Waals surface area contributed by atoms with Crippen LogP contribution in [0.15, 0.2) is 64.5 Å². The topological polar surface area (TPSA) is 63.2 Å². The Hall–Kier alpha value is -1.92. The maximum Gasteiger partial charge on any atom is 0.255 e. The van der Waals surface area contributed by atoms with Crippen LogP contribution in [-0.4, -0.2) is 20.1 Å². The molecule has 0 saturated carbocycles. The third kappa shape index (κ3) is 4.30. The van der Waals surface area contributed by atoms with Crippen LogP contribution >= 0.6 is 15.9 Å². The number of hydrogen-bond acceptors (Lipinski definition) is 3. The Kier molecular flexibility index (Phi) is 5.38. The van der Waals surface area contributed by atoms with E-state index in [0.717, 1.165) is 10.0 Å². The van der Waals surface area contributed by atoms with E-state index in [1.807, 2.05) is 0 Å². The van der Waals surface area contributed by atoms with Gasteiger partial charge in [-0.3, -0.25) is 4.79 Å². The van der Waals surface area contributed by atoms with Crippen LogP contribution in [0, 0.1) is 6.92 Å². The molecule has 0 atom stereocenters. The molecule has 0 aliphatic heterocycles. The minimum Gasteiger partial charge on any atom is -0.322 e. The van der Waals surface area contributed by atoms with Gasteiger partial charge in [-0.15, -0.1) is 6.58 Å². The number of carbonyl (C=O) groups excluding carboxylic acids is 1. The number of halogens is 1. The van der Waals surface area contributed by atoms with Gasteiger partial charge in [-0.2, -0.15) is 0 Å². The second kappa shape index (κ2) is 7.10. The van der Waals surface area contributed by atoms with Crippen molar-refractivity contribution < 1.29 is 13.2 Å². The average molecular weight is 394 g/mol. The number of amides is 1. The van der Waals surface area contributed by atoms with Crippen molar-refractivity contribution in [2.45, 2.75) is 11.8 Å². The van der Waals surface area contributed by atoms with Gasteiger partial charge in [0, 0.05) is 15.7 Å². The van der Waals surface area contributed by atoms with E-state index in [-0.39, 0.29) is 16.6 Å². The zero-order chi connectivity index (χ0) is 17.0. The van der Waals surface area contributed by atoms with Crippen LogP contribution in [0.3, 0.4) is 0 Å². The lowest BCUT2D eigenvalue weighted by molar-refractivity contribution is 0.102. The molecule has 0 saturated heterocycles. The van der Waals surface area contributed by atoms with E-state index in [1.165, 1.54) is 18.2 Å². The molecule has 0 aliphatic carbocycles. The SMILES string of the molecule is C=CCS(=O)(=O)c1ccc(C)c(NC(=O)c2ccc(Br)cc2)c1. The number of benzene rings is 2. The fraction of sp³-hybridized carbons (Fsp3) is 0.118. The summed E-state index contributed by atoms with van der Waals surface area (Å²) in [7, 11) is -3.43. The van der Waals surface area contributed by atoms with Gasteiger partial charge in [0.15, 0.2) is 9.84 Å². The Morgan fingerprint density at radius 3 is 2.48 bits per heavy atom. The largest absolute Gasteiger partial charge is 0.322 e. The molecule has 2 aromatic rings. The van der Waals surface area contributed by atoms with Crippen LogP contribution in [0.1, 0.15) is 15.9 Å². The van der Waals surface area contributed by atoms with Crippen molar-refractivity contribution in [1.82, 2.24) is 0 Å². The molecule has 0 aromatic heterocycles. The minimum absolute atomic E-state index is 0.143. The average Bonchev–Trinajstić information content (AvgIpc) is 2.49. The third-order valence-electron chi connectivity index (χ3n) is 3.26. The van der Waals surface area contributed by atoms with Gasteiger partial charge < -0.3 is 5.32 Å². The molecule has 0 fully saturated rings. The van der Waals surface area contributed by atoms with Crippen LogP contribution in [0.5, 0.6) is 0 Å². The summed E-state index contributed by atoms with van der Waals surface area (Å²) in [4.78, 5) is 12.4. The number of aryl methyl sites for hydroxylation is 1. The van der Waals surface area contributed by atoms with Gasteiger partial charge in [-0.25, -0.2) is 8.42 Å². The maximum absolute atomic E-state index is 12.3. The summed E-state index contributed by atoms with van der Waals surface area (Å²) in [5.74, 6) is -0.435. The highest BCUT2D eigenvalue weighted by Gasteiger charge is 2.15. The number of carbonyl (C=O) groups is 1. The molecule has 120 valence electrons. The predicted octanol–water partition coefficient (Wildman–Crippen LogP) is 3.97. The lowest BCUT2D eigenvalue weighted by Crippen LogP contribution is -2.13. The van der Waals surface area contributed by atoms with Gasteiger partial charge in [0.2, 0.25) is 0 Å². The molecule has 0 radical (unpaired) electrons. The predicted molar refractivity (Wildman–Crippen MR) is 95.5 cm³/mol. The highest BCUT2D eigenvalue weighted by atomic mass is 79.9. The smallest absolute Gasteiger partial charge is 0.255 e. The summed E-state index contributed by atoms with van der Waals surface area (Å²) in [5, 5.41) is 2.76. The molecular formula is C17H16BrNO3S. The first-order valence-electron chi connectivity index (χ1n) is 6.85. The van der Waals surface area contributed by atoms with Gasteiger partial charge in [0.1, 0.15) is 0 Å². The molecule has 2 rings (SSSR count). The summed E-state index contributed by atoms with van der Waals surface area (Å²) in [6, 6.07) is 11.6. The van der Waals surface area contributed by atoms with E-state index in [2.05, 4.69) is 27.8 Å². The summed E-state index contributed by atoms with van der Waals surface area (Å²) < 4.78 is 25.1. The molecule has 1 N–H and O–H groups in total. The first-order valence-corrected chi connectivity index (χ1v) is 9.29. The molecule has 0 aliphatic rings. The van der Waals surface area contributed by atoms with Crippen molar-refractivity contribution >= 4 is 37.4 Å². The van der Waals surface area contributed by atoms with Crippen molar-refractivity contribution in [2.24, 2.45) is 0 Å². The van der Waals surface area contributed by atoms with Crippen molar-refractivity contribution in [2.75, 3.05) is 11.1 Å². The van der Waals surface area contributed by atoms with Crippen molar-refractivity contribution in [3.63, 3.8) is 0 Å². The summed E-state index contributed by atoms with van der Waals surface area (Å²) in [6.07, 6.45) is 1.34. The zero-order valence-corrected chi connectivity index (χ0v) is 14.9. The summed E-state index contributed by atoms with van der Waals surface area (Å²) in [5.41, 5.74) is 1.75. The Bertz CT molecular complexity index is 843. The monoisotopic (exact) mass is 393 g/mol. The molecule has 6 heteroatoms. The van der Waals surface area contributed by atoms with Gasteiger partial charge in [0.05, 0.1) is 10.6 Å². The molecule has 1 amide bonds. The van der Waals surface area contributed by atoms with Crippen molar-refractivity contribution in [1.29, 1.82) is 0 Å². The molecule has 0 bridgehead atoms. The quantitative estimate of drug-likeness (QED) is 0.781. The Morgan fingerprint density at radius 1 is 1.22 bits per heavy atom. The highest BCUT2D eigenvalue weighted by Crippen LogP contribution is 2.22. The standard InChI is InChI=1S/C17H16BrNO3S/c1-3-10-23(21,22)15-9-4-12(2)16(11-15)19-17(20)13-5-7-14(18)8-6-13/h3-9,11H,1,10H2,2H3,(H,19,20). The summed E-state index contributed by atoms with van der Waals surface area (Å²) >= 11 is 3.31. The molecular weight excluding hydrogens is 378 g/mol. The lowest BCUT2D eigenvalue weighted by Gasteiger charge is -2.11. The molecule has 0 heterocycles. The van der Waals surface area contributed by atoms with E-state index >= 15 is 0 Å². The number of hydrogen-bond donors (Lipinski definition) is 1. The fourth-order valence-corrected chi connectivity index (χ4v) is 3.32. The van der Waals surface area contributed by atoms with Crippen LogP contribution in [0.2, 0.25) is 0 Å². The molecule has 0 spiro atoms. The number of rotatable bonds is 5. The molecule has 4 nitrogen and oxygen atoms in total. The third-order valence-corrected chi connectivity index (χ3v) is 5.44. The van der Waals surface area contributed by atoms with Crippen LogP contribution in [0.25, 0.3) is 0 Å². The number of sulfone groups is 1. The minimum atomic E-state index is -3.43. The first-order chi connectivity index (χ1) is 10.8. The highest BCUT2D eigenvalue weighted by molar-refractivity contribution is 9.10. The zero-order valence-electron chi connectivity index (χ0n) is 12.5. The van der Waals surface area contributed by atoms with Gasteiger partial charge in [-0.1, -0.05) is 28.1 Å². The van der Waals surface area contributed by atoms with E-state index in [9.17, 15) is 13.2 Å². The fourth-order valence-electron chi connectivity index (χ4n) is 1.98. The Morgan fingerprint density at radius 2 is 1.87 bits per heavy atom. The number of nitrogens with one attached hydrogen (secondary N) is 1. The van der Waals surface area contributed by atoms with E-state index in [0.29, 0.717) is 11.3 Å². The molecule has 0 unspecified atom stereocenters.